The van der Waals surface area contributed by atoms with Crippen LogP contribution in [0.4, 0.5) is 4.79 Å². The number of nitrogens with one attached hydrogen (secondary N) is 2. The first-order valence-electron chi connectivity index (χ1n) is 6.85. The lowest BCUT2D eigenvalue weighted by atomic mass is 10.1. The maximum absolute atomic E-state index is 11.7. The zero-order chi connectivity index (χ0) is 15.0. The fourth-order valence-electron chi connectivity index (χ4n) is 1.92. The van der Waals surface area contributed by atoms with Gasteiger partial charge in [-0.1, -0.05) is 12.1 Å². The third kappa shape index (κ3) is 5.48. The zero-order valence-electron chi connectivity index (χ0n) is 12.4. The van der Waals surface area contributed by atoms with Gasteiger partial charge in [0.1, 0.15) is 5.75 Å². The summed E-state index contributed by atoms with van der Waals surface area (Å²) in [5, 5.41) is 14.4. The highest BCUT2D eigenvalue weighted by Crippen LogP contribution is 2.19. The predicted molar refractivity (Wildman–Crippen MR) is 78.9 cm³/mol. The van der Waals surface area contributed by atoms with Gasteiger partial charge in [0.25, 0.3) is 0 Å². The summed E-state index contributed by atoms with van der Waals surface area (Å²) < 4.78 is 5.29. The Morgan fingerprint density at radius 1 is 1.45 bits per heavy atom. The monoisotopic (exact) mass is 280 g/mol. The van der Waals surface area contributed by atoms with Crippen molar-refractivity contribution in [1.82, 2.24) is 10.6 Å². The minimum Gasteiger partial charge on any atom is -0.496 e. The number of carbonyl (C=O) groups excluding carboxylic acids is 1. The SMILES string of the molecule is COc1cc(C)ccc1CNC(=O)NC(C)CCCO. The second-order valence-corrected chi connectivity index (χ2v) is 4.91. The van der Waals surface area contributed by atoms with Gasteiger partial charge in [0.2, 0.25) is 0 Å². The summed E-state index contributed by atoms with van der Waals surface area (Å²) in [5.41, 5.74) is 2.06. The van der Waals surface area contributed by atoms with Crippen LogP contribution in [-0.4, -0.2) is 30.9 Å². The third-order valence-electron chi connectivity index (χ3n) is 3.05. The maximum atomic E-state index is 11.7. The second kappa shape index (κ2) is 8.43. The Labute approximate surface area is 120 Å². The van der Waals surface area contributed by atoms with Crippen LogP contribution in [0.1, 0.15) is 30.9 Å². The maximum Gasteiger partial charge on any atom is 0.315 e. The molecule has 1 aromatic rings. The largest absolute Gasteiger partial charge is 0.496 e. The molecule has 0 aliphatic heterocycles. The minimum atomic E-state index is -0.210. The lowest BCUT2D eigenvalue weighted by molar-refractivity contribution is 0.234. The number of methoxy groups -OCH3 is 1. The summed E-state index contributed by atoms with van der Waals surface area (Å²) >= 11 is 0. The number of hydrogen-bond donors (Lipinski definition) is 3. The molecular formula is C15H24N2O3. The topological polar surface area (TPSA) is 70.6 Å². The van der Waals surface area contributed by atoms with Crippen molar-refractivity contribution < 1.29 is 14.6 Å². The molecule has 0 radical (unpaired) electrons. The lowest BCUT2D eigenvalue weighted by Crippen LogP contribution is -2.40. The number of amides is 2. The summed E-state index contributed by atoms with van der Waals surface area (Å²) in [6, 6.07) is 5.71. The normalized spacial score (nSPS) is 11.8. The number of aliphatic hydroxyl groups excluding tert-OH is 1. The van der Waals surface area contributed by atoms with Crippen LogP contribution in [0.2, 0.25) is 0 Å². The molecule has 0 bridgehead atoms. The summed E-state index contributed by atoms with van der Waals surface area (Å²) in [4.78, 5) is 11.7. The van der Waals surface area contributed by atoms with Crippen molar-refractivity contribution in [2.24, 2.45) is 0 Å². The predicted octanol–water partition coefficient (Wildman–Crippen LogP) is 1.96. The highest BCUT2D eigenvalue weighted by Gasteiger charge is 2.08. The molecule has 3 N–H and O–H groups in total. The van der Waals surface area contributed by atoms with Crippen molar-refractivity contribution in [2.75, 3.05) is 13.7 Å². The van der Waals surface area contributed by atoms with Gasteiger partial charge in [-0.3, -0.25) is 0 Å². The Hall–Kier alpha value is -1.75. The van der Waals surface area contributed by atoms with Crippen molar-refractivity contribution in [3.8, 4) is 5.75 Å². The van der Waals surface area contributed by atoms with E-state index in [4.69, 9.17) is 9.84 Å². The third-order valence-corrected chi connectivity index (χ3v) is 3.05. The van der Waals surface area contributed by atoms with Crippen LogP contribution in [0.25, 0.3) is 0 Å². The highest BCUT2D eigenvalue weighted by molar-refractivity contribution is 5.74. The van der Waals surface area contributed by atoms with Crippen molar-refractivity contribution in [2.45, 2.75) is 39.3 Å². The zero-order valence-corrected chi connectivity index (χ0v) is 12.4. The van der Waals surface area contributed by atoms with E-state index in [2.05, 4.69) is 10.6 Å². The van der Waals surface area contributed by atoms with Gasteiger partial charge >= 0.3 is 6.03 Å². The summed E-state index contributed by atoms with van der Waals surface area (Å²) in [6.45, 7) is 4.48. The Kier molecular flexibility index (Phi) is 6.87. The molecule has 0 saturated carbocycles. The van der Waals surface area contributed by atoms with Gasteiger partial charge in [0.15, 0.2) is 0 Å². The highest BCUT2D eigenvalue weighted by atomic mass is 16.5. The van der Waals surface area contributed by atoms with Crippen LogP contribution in [0.15, 0.2) is 18.2 Å². The fraction of sp³-hybridized carbons (Fsp3) is 0.533. The molecular weight excluding hydrogens is 256 g/mol. The molecule has 20 heavy (non-hydrogen) atoms. The summed E-state index contributed by atoms with van der Waals surface area (Å²) in [6.07, 6.45) is 1.45. The van der Waals surface area contributed by atoms with Gasteiger partial charge in [-0.25, -0.2) is 4.79 Å². The van der Waals surface area contributed by atoms with Crippen LogP contribution in [-0.2, 0) is 6.54 Å². The summed E-state index contributed by atoms with van der Waals surface area (Å²) in [5.74, 6) is 0.777. The number of benzene rings is 1. The number of ether oxygens (including phenoxy) is 1. The quantitative estimate of drug-likeness (QED) is 0.715. The van der Waals surface area contributed by atoms with Gasteiger partial charge in [0.05, 0.1) is 7.11 Å². The average molecular weight is 280 g/mol. The molecule has 0 fully saturated rings. The van der Waals surface area contributed by atoms with E-state index >= 15 is 0 Å². The van der Waals surface area contributed by atoms with Crippen LogP contribution in [0.5, 0.6) is 5.75 Å². The van der Waals surface area contributed by atoms with E-state index in [1.165, 1.54) is 0 Å². The molecule has 0 aliphatic rings. The molecule has 5 heteroatoms. The second-order valence-electron chi connectivity index (χ2n) is 4.91. The molecule has 2 amide bonds. The number of urea groups is 1. The van der Waals surface area contributed by atoms with E-state index in [9.17, 15) is 4.79 Å². The molecule has 0 aliphatic carbocycles. The van der Waals surface area contributed by atoms with Gasteiger partial charge < -0.3 is 20.5 Å². The Morgan fingerprint density at radius 2 is 2.20 bits per heavy atom. The van der Waals surface area contributed by atoms with Crippen molar-refractivity contribution in [1.29, 1.82) is 0 Å². The summed E-state index contributed by atoms with van der Waals surface area (Å²) in [7, 11) is 1.62. The first kappa shape index (κ1) is 16.3. The van der Waals surface area contributed by atoms with E-state index in [0.717, 1.165) is 23.3 Å². The number of rotatable bonds is 7. The number of aryl methyl sites for hydroxylation is 1. The molecule has 1 rings (SSSR count). The Balaban J connectivity index is 2.44. The fourth-order valence-corrected chi connectivity index (χ4v) is 1.92. The molecule has 0 aromatic heterocycles. The molecule has 0 spiro atoms. The average Bonchev–Trinajstić information content (AvgIpc) is 2.43. The van der Waals surface area contributed by atoms with Crippen LogP contribution in [0.3, 0.4) is 0 Å². The van der Waals surface area contributed by atoms with Crippen molar-refractivity contribution in [3.05, 3.63) is 29.3 Å². The molecule has 1 aromatic carbocycles. The van der Waals surface area contributed by atoms with Crippen molar-refractivity contribution >= 4 is 6.03 Å². The lowest BCUT2D eigenvalue weighted by Gasteiger charge is -2.15. The van der Waals surface area contributed by atoms with Crippen LogP contribution < -0.4 is 15.4 Å². The minimum absolute atomic E-state index is 0.0436. The smallest absolute Gasteiger partial charge is 0.315 e. The van der Waals surface area contributed by atoms with Crippen molar-refractivity contribution in [3.63, 3.8) is 0 Å². The van der Waals surface area contributed by atoms with Gasteiger partial charge in [-0.15, -0.1) is 0 Å². The molecule has 1 atom stereocenters. The van der Waals surface area contributed by atoms with Gasteiger partial charge in [0, 0.05) is 24.8 Å². The van der Waals surface area contributed by atoms with E-state index < -0.39 is 0 Å². The Bertz CT molecular complexity index is 435. The van der Waals surface area contributed by atoms with E-state index in [-0.39, 0.29) is 18.7 Å². The molecule has 112 valence electrons. The first-order chi connectivity index (χ1) is 9.56. The first-order valence-corrected chi connectivity index (χ1v) is 6.85. The Morgan fingerprint density at radius 3 is 2.85 bits per heavy atom. The number of carbonyl (C=O) groups is 1. The molecule has 1 unspecified atom stereocenters. The van der Waals surface area contributed by atoms with E-state index in [0.29, 0.717) is 13.0 Å². The van der Waals surface area contributed by atoms with Crippen LogP contribution in [0, 0.1) is 6.92 Å². The van der Waals surface area contributed by atoms with Crippen LogP contribution >= 0.6 is 0 Å². The van der Waals surface area contributed by atoms with E-state index in [1.807, 2.05) is 32.0 Å². The molecule has 5 nitrogen and oxygen atoms in total. The number of hydrogen-bond acceptors (Lipinski definition) is 3. The molecule has 0 saturated heterocycles. The standard InChI is InChI=1S/C15H24N2O3/c1-11-6-7-13(14(9-11)20-3)10-16-15(19)17-12(2)5-4-8-18/h6-7,9,12,18H,4-5,8,10H2,1-3H3,(H2,16,17,19). The molecule has 0 heterocycles. The van der Waals surface area contributed by atoms with E-state index in [1.54, 1.807) is 7.11 Å². The van der Waals surface area contributed by atoms with Gasteiger partial charge in [-0.2, -0.15) is 0 Å². The van der Waals surface area contributed by atoms with Gasteiger partial charge in [-0.05, 0) is 38.3 Å². The number of aliphatic hydroxyl groups is 1.